The lowest BCUT2D eigenvalue weighted by atomic mass is 9.90. The van der Waals surface area contributed by atoms with Gasteiger partial charge in [0.1, 0.15) is 0 Å². The predicted octanol–water partition coefficient (Wildman–Crippen LogP) is 1.94. The summed E-state index contributed by atoms with van der Waals surface area (Å²) in [6, 6.07) is 0. The SMILES string of the molecule is CC(C)(COS(C)(=O)=O)CC(F)(F)F. The lowest BCUT2D eigenvalue weighted by molar-refractivity contribution is -0.157. The van der Waals surface area contributed by atoms with Gasteiger partial charge in [-0.3, -0.25) is 4.18 Å². The van der Waals surface area contributed by atoms with E-state index in [-0.39, 0.29) is 0 Å². The Morgan fingerprint density at radius 2 is 1.64 bits per heavy atom. The molecule has 0 spiro atoms. The van der Waals surface area contributed by atoms with Crippen LogP contribution in [0.15, 0.2) is 0 Å². The second-order valence-corrected chi connectivity index (χ2v) is 5.57. The molecule has 0 aliphatic rings. The van der Waals surface area contributed by atoms with E-state index in [0.717, 1.165) is 6.26 Å². The number of alkyl halides is 3. The Balaban J connectivity index is 4.22. The third-order valence-electron chi connectivity index (χ3n) is 1.34. The molecule has 0 amide bonds. The second-order valence-electron chi connectivity index (χ2n) is 3.92. The van der Waals surface area contributed by atoms with Gasteiger partial charge in [0, 0.05) is 0 Å². The van der Waals surface area contributed by atoms with Gasteiger partial charge in [0.25, 0.3) is 10.1 Å². The van der Waals surface area contributed by atoms with Crippen molar-refractivity contribution in [2.75, 3.05) is 12.9 Å². The molecule has 0 aromatic carbocycles. The van der Waals surface area contributed by atoms with Crippen LogP contribution in [-0.2, 0) is 14.3 Å². The minimum atomic E-state index is -4.32. The summed E-state index contributed by atoms with van der Waals surface area (Å²) in [5.74, 6) is 0. The summed E-state index contributed by atoms with van der Waals surface area (Å²) in [5.41, 5.74) is -1.23. The van der Waals surface area contributed by atoms with Crippen molar-refractivity contribution in [2.24, 2.45) is 5.41 Å². The fraction of sp³-hybridized carbons (Fsp3) is 1.00. The van der Waals surface area contributed by atoms with Crippen LogP contribution in [0.5, 0.6) is 0 Å². The Kier molecular flexibility index (Phi) is 3.97. The van der Waals surface area contributed by atoms with Crippen LogP contribution in [0.3, 0.4) is 0 Å². The van der Waals surface area contributed by atoms with E-state index < -0.39 is 34.7 Å². The largest absolute Gasteiger partial charge is 0.389 e. The Morgan fingerprint density at radius 1 is 1.21 bits per heavy atom. The maximum atomic E-state index is 12.0. The molecular formula is C7H13F3O3S. The smallest absolute Gasteiger partial charge is 0.270 e. The molecule has 3 nitrogen and oxygen atoms in total. The van der Waals surface area contributed by atoms with Gasteiger partial charge in [0.15, 0.2) is 0 Å². The van der Waals surface area contributed by atoms with E-state index in [1.807, 2.05) is 0 Å². The fourth-order valence-electron chi connectivity index (χ4n) is 0.860. The molecule has 0 N–H and O–H groups in total. The first kappa shape index (κ1) is 13.7. The van der Waals surface area contributed by atoms with Gasteiger partial charge in [-0.05, 0) is 5.41 Å². The van der Waals surface area contributed by atoms with E-state index in [9.17, 15) is 21.6 Å². The van der Waals surface area contributed by atoms with Crippen molar-refractivity contribution in [1.82, 2.24) is 0 Å². The maximum Gasteiger partial charge on any atom is 0.389 e. The summed E-state index contributed by atoms with van der Waals surface area (Å²) >= 11 is 0. The standard InChI is InChI=1S/C7H13F3O3S/c1-6(2,4-7(8,9)10)5-13-14(3,11)12/h4-5H2,1-3H3. The van der Waals surface area contributed by atoms with E-state index in [1.54, 1.807) is 0 Å². The van der Waals surface area contributed by atoms with Crippen LogP contribution >= 0.6 is 0 Å². The number of hydrogen-bond donors (Lipinski definition) is 0. The van der Waals surface area contributed by atoms with Gasteiger partial charge in [-0.15, -0.1) is 0 Å². The van der Waals surface area contributed by atoms with Gasteiger partial charge in [-0.25, -0.2) is 0 Å². The van der Waals surface area contributed by atoms with Gasteiger partial charge in [-0.2, -0.15) is 21.6 Å². The zero-order valence-electron chi connectivity index (χ0n) is 8.18. The highest BCUT2D eigenvalue weighted by atomic mass is 32.2. The zero-order chi connectivity index (χ0) is 11.6. The second kappa shape index (κ2) is 4.06. The van der Waals surface area contributed by atoms with Gasteiger partial charge in [0.05, 0.1) is 19.3 Å². The highest BCUT2D eigenvalue weighted by Crippen LogP contribution is 2.33. The average Bonchev–Trinajstić information content (AvgIpc) is 1.76. The van der Waals surface area contributed by atoms with E-state index in [1.165, 1.54) is 13.8 Å². The lowest BCUT2D eigenvalue weighted by Crippen LogP contribution is -2.28. The molecule has 0 aromatic heterocycles. The zero-order valence-corrected chi connectivity index (χ0v) is 9.00. The quantitative estimate of drug-likeness (QED) is 0.698. The lowest BCUT2D eigenvalue weighted by Gasteiger charge is -2.24. The predicted molar refractivity (Wildman–Crippen MR) is 45.2 cm³/mol. The van der Waals surface area contributed by atoms with Gasteiger partial charge in [0.2, 0.25) is 0 Å². The Labute approximate surface area is 81.4 Å². The molecule has 7 heteroatoms. The van der Waals surface area contributed by atoms with Crippen LogP contribution in [0.2, 0.25) is 0 Å². The molecule has 0 bridgehead atoms. The third kappa shape index (κ3) is 8.31. The van der Waals surface area contributed by atoms with Gasteiger partial charge < -0.3 is 0 Å². The van der Waals surface area contributed by atoms with E-state index in [4.69, 9.17) is 0 Å². The van der Waals surface area contributed by atoms with Gasteiger partial charge in [-0.1, -0.05) is 13.8 Å². The molecule has 0 fully saturated rings. The van der Waals surface area contributed by atoms with Crippen LogP contribution in [0.1, 0.15) is 20.3 Å². The molecule has 0 atom stereocenters. The maximum absolute atomic E-state index is 12.0. The van der Waals surface area contributed by atoms with Crippen molar-refractivity contribution < 1.29 is 25.8 Å². The van der Waals surface area contributed by atoms with E-state index in [2.05, 4.69) is 4.18 Å². The van der Waals surface area contributed by atoms with Crippen molar-refractivity contribution in [3.05, 3.63) is 0 Å². The van der Waals surface area contributed by atoms with Crippen LogP contribution in [-0.4, -0.2) is 27.5 Å². The minimum absolute atomic E-state index is 0.467. The molecule has 0 aromatic rings. The molecule has 14 heavy (non-hydrogen) atoms. The first-order valence-corrected chi connectivity index (χ1v) is 5.64. The topological polar surface area (TPSA) is 43.4 Å². The molecule has 0 heterocycles. The van der Waals surface area contributed by atoms with Gasteiger partial charge >= 0.3 is 6.18 Å². The summed E-state index contributed by atoms with van der Waals surface area (Å²) in [7, 11) is -3.68. The summed E-state index contributed by atoms with van der Waals surface area (Å²) in [6.07, 6.45) is -4.59. The summed E-state index contributed by atoms with van der Waals surface area (Å²) in [6.45, 7) is 2.13. The van der Waals surface area contributed by atoms with Crippen LogP contribution in [0, 0.1) is 5.41 Å². The molecule has 86 valence electrons. The molecule has 0 radical (unpaired) electrons. The van der Waals surface area contributed by atoms with E-state index >= 15 is 0 Å². The Morgan fingerprint density at radius 3 is 1.93 bits per heavy atom. The Hall–Kier alpha value is -0.300. The first-order chi connectivity index (χ1) is 5.91. The molecule has 0 aliphatic heterocycles. The average molecular weight is 234 g/mol. The molecular weight excluding hydrogens is 221 g/mol. The molecule has 0 unspecified atom stereocenters. The highest BCUT2D eigenvalue weighted by molar-refractivity contribution is 7.85. The summed E-state index contributed by atoms with van der Waals surface area (Å²) < 4.78 is 61.3. The van der Waals surface area contributed by atoms with E-state index in [0.29, 0.717) is 0 Å². The van der Waals surface area contributed by atoms with Crippen LogP contribution in [0.25, 0.3) is 0 Å². The fourth-order valence-corrected chi connectivity index (χ4v) is 1.39. The molecule has 0 saturated carbocycles. The van der Waals surface area contributed by atoms with Crippen LogP contribution < -0.4 is 0 Å². The first-order valence-electron chi connectivity index (χ1n) is 3.82. The van der Waals surface area contributed by atoms with Crippen molar-refractivity contribution in [3.8, 4) is 0 Å². The third-order valence-corrected chi connectivity index (χ3v) is 1.89. The van der Waals surface area contributed by atoms with Crippen molar-refractivity contribution >= 4 is 10.1 Å². The number of halogens is 3. The minimum Gasteiger partial charge on any atom is -0.270 e. The highest BCUT2D eigenvalue weighted by Gasteiger charge is 2.37. The van der Waals surface area contributed by atoms with Crippen molar-refractivity contribution in [2.45, 2.75) is 26.4 Å². The molecule has 0 rings (SSSR count). The monoisotopic (exact) mass is 234 g/mol. The number of rotatable bonds is 4. The summed E-state index contributed by atoms with van der Waals surface area (Å²) in [5, 5.41) is 0. The number of hydrogen-bond acceptors (Lipinski definition) is 3. The molecule has 0 aliphatic carbocycles. The Bertz CT molecular complexity index is 279. The normalized spacial score (nSPS) is 14.4. The molecule has 0 saturated heterocycles. The van der Waals surface area contributed by atoms with Crippen molar-refractivity contribution in [3.63, 3.8) is 0 Å². The summed E-state index contributed by atoms with van der Waals surface area (Å²) in [4.78, 5) is 0. The van der Waals surface area contributed by atoms with Crippen molar-refractivity contribution in [1.29, 1.82) is 0 Å². The van der Waals surface area contributed by atoms with Crippen LogP contribution in [0.4, 0.5) is 13.2 Å².